The number of anilines is 1. The molecule has 3 rings (SSSR count). The second-order valence-corrected chi connectivity index (χ2v) is 6.59. The van der Waals surface area contributed by atoms with Crippen molar-refractivity contribution in [3.63, 3.8) is 0 Å². The first-order chi connectivity index (χ1) is 12.5. The van der Waals surface area contributed by atoms with Crippen LogP contribution in [0, 0.1) is 5.92 Å². The maximum Gasteiger partial charge on any atom is 0.167 e. The van der Waals surface area contributed by atoms with Crippen LogP contribution in [0.1, 0.15) is 26.5 Å². The number of ether oxygens (including phenoxy) is 1. The molecule has 2 unspecified atom stereocenters. The molecule has 1 fully saturated rings. The predicted molar refractivity (Wildman–Crippen MR) is 92.3 cm³/mol. The van der Waals surface area contributed by atoms with Gasteiger partial charge in [0.05, 0.1) is 25.6 Å². The van der Waals surface area contributed by atoms with Gasteiger partial charge < -0.3 is 30.5 Å². The van der Waals surface area contributed by atoms with Gasteiger partial charge in [0.2, 0.25) is 0 Å². The van der Waals surface area contributed by atoms with Gasteiger partial charge in [-0.1, -0.05) is 20.3 Å². The van der Waals surface area contributed by atoms with Gasteiger partial charge in [-0.05, 0) is 5.92 Å². The van der Waals surface area contributed by atoms with Crippen molar-refractivity contribution in [1.29, 1.82) is 0 Å². The van der Waals surface area contributed by atoms with E-state index in [4.69, 9.17) is 4.74 Å². The minimum absolute atomic E-state index is 0.0456. The van der Waals surface area contributed by atoms with Crippen LogP contribution in [-0.2, 0) is 4.74 Å². The average Bonchev–Trinajstić information content (AvgIpc) is 3.21. The topological polar surface area (TPSA) is 146 Å². The van der Waals surface area contributed by atoms with Crippen LogP contribution in [-0.4, -0.2) is 77.5 Å². The highest BCUT2D eigenvalue weighted by atomic mass is 16.6. The summed E-state index contributed by atoms with van der Waals surface area (Å²) in [4.78, 5) is 12.7. The molecule has 5 N–H and O–H groups in total. The van der Waals surface area contributed by atoms with Crippen molar-refractivity contribution < 1.29 is 25.2 Å². The average molecular weight is 367 g/mol. The monoisotopic (exact) mass is 367 g/mol. The van der Waals surface area contributed by atoms with Crippen molar-refractivity contribution in [2.45, 2.75) is 50.8 Å². The minimum atomic E-state index is -1.22. The van der Waals surface area contributed by atoms with Crippen molar-refractivity contribution >= 4 is 17.0 Å². The highest BCUT2D eigenvalue weighted by Gasteiger charge is 2.44. The van der Waals surface area contributed by atoms with E-state index in [2.05, 4.69) is 20.3 Å². The smallest absolute Gasteiger partial charge is 0.167 e. The molecular formula is C16H25N5O5. The minimum Gasteiger partial charge on any atom is -0.394 e. The Morgan fingerprint density at radius 1 is 1.23 bits per heavy atom. The number of aliphatic hydroxyl groups is 4. The number of fused-ring (bicyclic) bond motifs is 1. The zero-order valence-electron chi connectivity index (χ0n) is 14.7. The normalized spacial score (nSPS) is 28.4. The summed E-state index contributed by atoms with van der Waals surface area (Å²) in [6, 6.07) is -0.183. The molecule has 0 aromatic carbocycles. The fourth-order valence-corrected chi connectivity index (χ4v) is 3.08. The molecule has 0 bridgehead atoms. The Morgan fingerprint density at radius 3 is 2.62 bits per heavy atom. The third kappa shape index (κ3) is 3.26. The zero-order valence-corrected chi connectivity index (χ0v) is 14.7. The van der Waals surface area contributed by atoms with Gasteiger partial charge in [-0.25, -0.2) is 15.0 Å². The molecule has 26 heavy (non-hydrogen) atoms. The van der Waals surface area contributed by atoms with Gasteiger partial charge >= 0.3 is 0 Å². The Balaban J connectivity index is 1.92. The molecule has 0 saturated carbocycles. The molecule has 6 atom stereocenters. The molecule has 0 aliphatic carbocycles. The number of aromatic nitrogens is 4. The SMILES string of the molecule is CCC(C)[C@@H](CO)Nc1ncnc2c1ncn2[C@@H]1OC(CO)[C@H](O)[C@@H]1O. The molecule has 144 valence electrons. The molecule has 2 aromatic heterocycles. The first-order valence-electron chi connectivity index (χ1n) is 8.69. The fourth-order valence-electron chi connectivity index (χ4n) is 3.08. The molecule has 10 heteroatoms. The third-order valence-corrected chi connectivity index (χ3v) is 5.00. The summed E-state index contributed by atoms with van der Waals surface area (Å²) >= 11 is 0. The summed E-state index contributed by atoms with van der Waals surface area (Å²) in [5.74, 6) is 0.701. The van der Waals surface area contributed by atoms with Gasteiger partial charge in [0.25, 0.3) is 0 Å². The van der Waals surface area contributed by atoms with Crippen LogP contribution in [0.2, 0.25) is 0 Å². The summed E-state index contributed by atoms with van der Waals surface area (Å²) in [6.45, 7) is 3.62. The van der Waals surface area contributed by atoms with E-state index in [1.54, 1.807) is 0 Å². The van der Waals surface area contributed by atoms with Crippen molar-refractivity contribution in [1.82, 2.24) is 19.5 Å². The lowest BCUT2D eigenvalue weighted by Gasteiger charge is -2.22. The van der Waals surface area contributed by atoms with E-state index in [1.807, 2.05) is 13.8 Å². The van der Waals surface area contributed by atoms with Crippen LogP contribution in [0.5, 0.6) is 0 Å². The summed E-state index contributed by atoms with van der Waals surface area (Å²) in [5.41, 5.74) is 0.880. The Hall–Kier alpha value is -1.85. The van der Waals surface area contributed by atoms with Crippen LogP contribution in [0.15, 0.2) is 12.7 Å². The number of hydrogen-bond donors (Lipinski definition) is 5. The van der Waals surface area contributed by atoms with Crippen molar-refractivity contribution in [3.8, 4) is 0 Å². The molecule has 0 spiro atoms. The Bertz CT molecular complexity index is 741. The number of rotatable bonds is 7. The molecular weight excluding hydrogens is 342 g/mol. The zero-order chi connectivity index (χ0) is 18.8. The number of hydrogen-bond acceptors (Lipinski definition) is 9. The van der Waals surface area contributed by atoms with Gasteiger partial charge in [-0.3, -0.25) is 4.57 Å². The van der Waals surface area contributed by atoms with Gasteiger partial charge in [-0.2, -0.15) is 0 Å². The van der Waals surface area contributed by atoms with Crippen LogP contribution >= 0.6 is 0 Å². The standard InChI is InChI=1S/C16H25N5O5/c1-3-8(2)9(4-22)20-14-11-15(18-6-17-14)21(7-19-11)16-13(25)12(24)10(5-23)26-16/h6-10,12-13,16,22-25H,3-5H2,1-2H3,(H,17,18,20)/t8?,9-,10?,12+,13+,16-/m1/s1. The molecule has 0 amide bonds. The van der Waals surface area contributed by atoms with Crippen LogP contribution < -0.4 is 5.32 Å². The quantitative estimate of drug-likeness (QED) is 0.427. The van der Waals surface area contributed by atoms with Crippen LogP contribution in [0.4, 0.5) is 5.82 Å². The largest absolute Gasteiger partial charge is 0.394 e. The van der Waals surface area contributed by atoms with E-state index in [0.29, 0.717) is 17.0 Å². The highest BCUT2D eigenvalue weighted by molar-refractivity contribution is 5.82. The van der Waals surface area contributed by atoms with E-state index in [1.165, 1.54) is 17.2 Å². The van der Waals surface area contributed by atoms with E-state index < -0.39 is 31.1 Å². The van der Waals surface area contributed by atoms with E-state index >= 15 is 0 Å². The first kappa shape index (κ1) is 18.9. The first-order valence-corrected chi connectivity index (χ1v) is 8.69. The lowest BCUT2D eigenvalue weighted by Crippen LogP contribution is -2.33. The second-order valence-electron chi connectivity index (χ2n) is 6.59. The maximum atomic E-state index is 10.2. The highest BCUT2D eigenvalue weighted by Crippen LogP contribution is 2.32. The lowest BCUT2D eigenvalue weighted by molar-refractivity contribution is -0.0511. The predicted octanol–water partition coefficient (Wildman–Crippen LogP) is -0.743. The van der Waals surface area contributed by atoms with Gasteiger partial charge in [0.15, 0.2) is 23.2 Å². The summed E-state index contributed by atoms with van der Waals surface area (Å²) in [7, 11) is 0. The molecule has 1 aliphatic heterocycles. The number of imidazole rings is 1. The van der Waals surface area contributed by atoms with Gasteiger partial charge in [-0.15, -0.1) is 0 Å². The number of nitrogens with zero attached hydrogens (tertiary/aromatic N) is 4. The van der Waals surface area contributed by atoms with E-state index in [-0.39, 0.29) is 18.6 Å². The Labute approximate surface area is 150 Å². The van der Waals surface area contributed by atoms with Crippen LogP contribution in [0.25, 0.3) is 11.2 Å². The molecule has 3 heterocycles. The molecule has 1 aliphatic rings. The summed E-state index contributed by atoms with van der Waals surface area (Å²) in [6.07, 6.45) is -0.526. The van der Waals surface area contributed by atoms with Gasteiger partial charge in [0.1, 0.15) is 24.6 Å². The van der Waals surface area contributed by atoms with E-state index in [9.17, 15) is 20.4 Å². The van der Waals surface area contributed by atoms with E-state index in [0.717, 1.165) is 6.42 Å². The summed E-state index contributed by atoms with van der Waals surface area (Å²) in [5, 5.41) is 42.2. The maximum absolute atomic E-state index is 10.2. The van der Waals surface area contributed by atoms with Crippen molar-refractivity contribution in [2.24, 2.45) is 5.92 Å². The lowest BCUT2D eigenvalue weighted by atomic mass is 10.00. The Morgan fingerprint density at radius 2 is 2.00 bits per heavy atom. The number of nitrogens with one attached hydrogen (secondary N) is 1. The summed E-state index contributed by atoms with van der Waals surface area (Å²) < 4.78 is 7.04. The Kier molecular flexibility index (Phi) is 5.68. The molecule has 10 nitrogen and oxygen atoms in total. The van der Waals surface area contributed by atoms with Crippen LogP contribution in [0.3, 0.4) is 0 Å². The third-order valence-electron chi connectivity index (χ3n) is 5.00. The number of aliphatic hydroxyl groups excluding tert-OH is 4. The fraction of sp³-hybridized carbons (Fsp3) is 0.688. The van der Waals surface area contributed by atoms with Crippen molar-refractivity contribution in [3.05, 3.63) is 12.7 Å². The van der Waals surface area contributed by atoms with Crippen molar-refractivity contribution in [2.75, 3.05) is 18.5 Å². The second kappa shape index (κ2) is 7.80. The molecule has 0 radical (unpaired) electrons. The molecule has 2 aromatic rings. The molecule has 1 saturated heterocycles. The van der Waals surface area contributed by atoms with Gasteiger partial charge in [0, 0.05) is 0 Å².